The van der Waals surface area contributed by atoms with E-state index in [2.05, 4.69) is 4.98 Å². The Morgan fingerprint density at radius 1 is 1.32 bits per heavy atom. The van der Waals surface area contributed by atoms with Crippen LogP contribution >= 0.6 is 0 Å². The summed E-state index contributed by atoms with van der Waals surface area (Å²) in [6, 6.07) is 8.11. The highest BCUT2D eigenvalue weighted by Gasteiger charge is 2.36. The number of carbonyl (C=O) groups excluding carboxylic acids is 2. The molecular formula is C16H16N2O4. The predicted octanol–water partition coefficient (Wildman–Crippen LogP) is 2.02. The first kappa shape index (κ1) is 14.3. The fraction of sp³-hybridized carbons (Fsp3) is 0.312. The van der Waals surface area contributed by atoms with Gasteiger partial charge in [-0.05, 0) is 37.1 Å². The molecule has 114 valence electrons. The Balaban J connectivity index is 1.62. The van der Waals surface area contributed by atoms with Crippen LogP contribution in [0.15, 0.2) is 47.2 Å². The van der Waals surface area contributed by atoms with Gasteiger partial charge in [0.05, 0.1) is 12.0 Å². The van der Waals surface area contributed by atoms with Crippen LogP contribution in [0.2, 0.25) is 0 Å². The zero-order chi connectivity index (χ0) is 15.4. The minimum absolute atomic E-state index is 0.110. The normalized spacial score (nSPS) is 17.5. The number of hydrogen-bond donors (Lipinski definition) is 0. The third kappa shape index (κ3) is 3.00. The van der Waals surface area contributed by atoms with Crippen molar-refractivity contribution in [3.05, 3.63) is 54.2 Å². The number of rotatable bonds is 4. The van der Waals surface area contributed by atoms with Crippen LogP contribution in [0.1, 0.15) is 29.1 Å². The highest BCUT2D eigenvalue weighted by Crippen LogP contribution is 2.21. The third-order valence-electron chi connectivity index (χ3n) is 3.61. The van der Waals surface area contributed by atoms with E-state index >= 15 is 0 Å². The van der Waals surface area contributed by atoms with E-state index in [0.29, 0.717) is 18.7 Å². The molecule has 1 saturated heterocycles. The Kier molecular flexibility index (Phi) is 4.18. The smallest absolute Gasteiger partial charge is 0.329 e. The summed E-state index contributed by atoms with van der Waals surface area (Å²) in [5.41, 5.74) is 0.678. The molecule has 0 aliphatic carbocycles. The molecule has 0 aromatic carbocycles. The number of pyridine rings is 1. The average molecular weight is 300 g/mol. The summed E-state index contributed by atoms with van der Waals surface area (Å²) in [5.74, 6) is -0.435. The van der Waals surface area contributed by atoms with Gasteiger partial charge in [-0.15, -0.1) is 0 Å². The first-order valence-corrected chi connectivity index (χ1v) is 7.17. The molecule has 3 rings (SSSR count). The molecule has 1 atom stereocenters. The van der Waals surface area contributed by atoms with Gasteiger partial charge in [-0.25, -0.2) is 4.79 Å². The number of amides is 1. The second-order valence-corrected chi connectivity index (χ2v) is 5.06. The number of aromatic nitrogens is 1. The maximum Gasteiger partial charge on any atom is 0.329 e. The van der Waals surface area contributed by atoms with Crippen molar-refractivity contribution in [1.29, 1.82) is 0 Å². The Hall–Kier alpha value is -2.63. The zero-order valence-corrected chi connectivity index (χ0v) is 12.0. The van der Waals surface area contributed by atoms with Gasteiger partial charge in [0, 0.05) is 12.7 Å². The van der Waals surface area contributed by atoms with Crippen molar-refractivity contribution < 1.29 is 18.7 Å². The minimum Gasteiger partial charge on any atom is -0.459 e. The maximum atomic E-state index is 12.3. The molecule has 0 bridgehead atoms. The van der Waals surface area contributed by atoms with Crippen LogP contribution in [0.3, 0.4) is 0 Å². The van der Waals surface area contributed by atoms with Crippen molar-refractivity contribution >= 4 is 11.9 Å². The summed E-state index contributed by atoms with van der Waals surface area (Å²) in [5, 5.41) is 0. The number of likely N-dealkylation sites (tertiary alicyclic amines) is 1. The van der Waals surface area contributed by atoms with Crippen LogP contribution in [0, 0.1) is 0 Å². The van der Waals surface area contributed by atoms with Gasteiger partial charge in [-0.3, -0.25) is 9.78 Å². The van der Waals surface area contributed by atoms with E-state index in [1.54, 1.807) is 30.5 Å². The van der Waals surface area contributed by atoms with Crippen molar-refractivity contribution in [3.63, 3.8) is 0 Å². The van der Waals surface area contributed by atoms with Crippen LogP contribution in [0.5, 0.6) is 0 Å². The van der Waals surface area contributed by atoms with E-state index in [0.717, 1.165) is 6.42 Å². The van der Waals surface area contributed by atoms with Crippen LogP contribution in [0.25, 0.3) is 0 Å². The molecule has 0 saturated carbocycles. The fourth-order valence-electron chi connectivity index (χ4n) is 2.52. The van der Waals surface area contributed by atoms with E-state index in [9.17, 15) is 9.59 Å². The van der Waals surface area contributed by atoms with Gasteiger partial charge in [0.2, 0.25) is 0 Å². The van der Waals surface area contributed by atoms with Crippen molar-refractivity contribution in [2.75, 3.05) is 6.54 Å². The molecule has 0 radical (unpaired) electrons. The predicted molar refractivity (Wildman–Crippen MR) is 76.8 cm³/mol. The van der Waals surface area contributed by atoms with Gasteiger partial charge >= 0.3 is 5.97 Å². The molecule has 1 fully saturated rings. The molecule has 22 heavy (non-hydrogen) atoms. The average Bonchev–Trinajstić information content (AvgIpc) is 3.24. The monoisotopic (exact) mass is 300 g/mol. The second-order valence-electron chi connectivity index (χ2n) is 5.06. The third-order valence-corrected chi connectivity index (χ3v) is 3.61. The summed E-state index contributed by atoms with van der Waals surface area (Å²) < 4.78 is 10.4. The Morgan fingerprint density at radius 2 is 2.23 bits per heavy atom. The summed E-state index contributed by atoms with van der Waals surface area (Å²) in [6.07, 6.45) is 4.46. The Labute approximate surface area is 127 Å². The van der Waals surface area contributed by atoms with Crippen molar-refractivity contribution in [2.45, 2.75) is 25.5 Å². The summed E-state index contributed by atoms with van der Waals surface area (Å²) in [4.78, 5) is 30.2. The van der Waals surface area contributed by atoms with Crippen LogP contribution in [-0.4, -0.2) is 34.3 Å². The molecule has 6 nitrogen and oxygen atoms in total. The van der Waals surface area contributed by atoms with Crippen LogP contribution < -0.4 is 0 Å². The summed E-state index contributed by atoms with van der Waals surface area (Å²) in [7, 11) is 0. The lowest BCUT2D eigenvalue weighted by Crippen LogP contribution is -2.41. The largest absolute Gasteiger partial charge is 0.459 e. The van der Waals surface area contributed by atoms with Crippen LogP contribution in [0.4, 0.5) is 0 Å². The van der Waals surface area contributed by atoms with Gasteiger partial charge in [-0.2, -0.15) is 0 Å². The topological polar surface area (TPSA) is 72.6 Å². The molecule has 2 aromatic rings. The van der Waals surface area contributed by atoms with E-state index in [1.165, 1.54) is 11.2 Å². The van der Waals surface area contributed by atoms with E-state index in [-0.39, 0.29) is 18.3 Å². The molecular weight excluding hydrogens is 284 g/mol. The van der Waals surface area contributed by atoms with E-state index in [4.69, 9.17) is 9.15 Å². The van der Waals surface area contributed by atoms with Gasteiger partial charge in [0.25, 0.3) is 5.91 Å². The second kappa shape index (κ2) is 6.43. The summed E-state index contributed by atoms with van der Waals surface area (Å²) in [6.45, 7) is 0.641. The van der Waals surface area contributed by atoms with Gasteiger partial charge in [0.1, 0.15) is 12.6 Å². The van der Waals surface area contributed by atoms with E-state index in [1.807, 2.05) is 6.07 Å². The first-order chi connectivity index (χ1) is 10.8. The van der Waals surface area contributed by atoms with Crippen molar-refractivity contribution in [2.24, 2.45) is 0 Å². The van der Waals surface area contributed by atoms with Gasteiger partial charge < -0.3 is 14.1 Å². The lowest BCUT2D eigenvalue weighted by atomic mass is 10.2. The van der Waals surface area contributed by atoms with E-state index < -0.39 is 12.0 Å². The molecule has 6 heteroatoms. The number of furan rings is 1. The number of ether oxygens (including phenoxy) is 1. The molecule has 1 unspecified atom stereocenters. The number of nitrogens with zero attached hydrogens (tertiary/aromatic N) is 2. The van der Waals surface area contributed by atoms with Gasteiger partial charge in [0.15, 0.2) is 5.76 Å². The number of esters is 1. The number of hydrogen-bond acceptors (Lipinski definition) is 5. The fourth-order valence-corrected chi connectivity index (χ4v) is 2.52. The molecule has 0 spiro atoms. The quantitative estimate of drug-likeness (QED) is 0.808. The van der Waals surface area contributed by atoms with Crippen LogP contribution in [-0.2, 0) is 16.1 Å². The molecule has 0 N–H and O–H groups in total. The number of carbonyl (C=O) groups is 2. The zero-order valence-electron chi connectivity index (χ0n) is 12.0. The molecule has 3 heterocycles. The standard InChI is InChI=1S/C16H16N2O4/c19-15(14-7-4-10-21-14)18-9-3-6-13(18)16(20)22-11-12-5-1-2-8-17-12/h1-2,4-5,7-8,10,13H,3,6,9,11H2. The Morgan fingerprint density at radius 3 is 2.95 bits per heavy atom. The SMILES string of the molecule is O=C(OCc1ccccn1)C1CCCN1C(=O)c1ccco1. The molecule has 1 amide bonds. The van der Waals surface area contributed by atoms with Gasteiger partial charge in [-0.1, -0.05) is 6.07 Å². The lowest BCUT2D eigenvalue weighted by Gasteiger charge is -2.22. The summed E-state index contributed by atoms with van der Waals surface area (Å²) >= 11 is 0. The minimum atomic E-state index is -0.554. The lowest BCUT2D eigenvalue weighted by molar-refractivity contribution is -0.149. The molecule has 1 aliphatic heterocycles. The van der Waals surface area contributed by atoms with Crippen molar-refractivity contribution in [3.8, 4) is 0 Å². The molecule has 1 aliphatic rings. The molecule has 2 aromatic heterocycles. The Bertz CT molecular complexity index is 639. The maximum absolute atomic E-state index is 12.3. The first-order valence-electron chi connectivity index (χ1n) is 7.17. The van der Waals surface area contributed by atoms with Crippen molar-refractivity contribution in [1.82, 2.24) is 9.88 Å². The highest BCUT2D eigenvalue weighted by molar-refractivity contribution is 5.94. The highest BCUT2D eigenvalue weighted by atomic mass is 16.5.